The molecule has 170 valence electrons. The highest BCUT2D eigenvalue weighted by molar-refractivity contribution is 6.33. The second kappa shape index (κ2) is 8.41. The maximum Gasteiger partial charge on any atom is 0.0547 e. The van der Waals surface area contributed by atoms with Crippen LogP contribution in [0.3, 0.4) is 0 Å². The van der Waals surface area contributed by atoms with Gasteiger partial charge in [-0.05, 0) is 58.3 Å². The van der Waals surface area contributed by atoms with Gasteiger partial charge in [-0.2, -0.15) is 0 Å². The van der Waals surface area contributed by atoms with Crippen LogP contribution in [0.15, 0.2) is 133 Å². The summed E-state index contributed by atoms with van der Waals surface area (Å²) in [6, 6.07) is 47.2. The van der Waals surface area contributed by atoms with Gasteiger partial charge < -0.3 is 4.57 Å². The van der Waals surface area contributed by atoms with Gasteiger partial charge in [-0.15, -0.1) is 0 Å². The maximum absolute atomic E-state index is 6.66. The molecule has 7 rings (SSSR count). The second-order valence-corrected chi connectivity index (χ2v) is 9.55. The molecule has 1 heterocycles. The van der Waals surface area contributed by atoms with Crippen molar-refractivity contribution in [2.75, 3.05) is 0 Å². The van der Waals surface area contributed by atoms with Crippen LogP contribution in [0.1, 0.15) is 0 Å². The van der Waals surface area contributed by atoms with Gasteiger partial charge in [0, 0.05) is 26.9 Å². The first-order chi connectivity index (χ1) is 17.8. The van der Waals surface area contributed by atoms with Gasteiger partial charge in [-0.1, -0.05) is 109 Å². The van der Waals surface area contributed by atoms with Crippen molar-refractivity contribution in [1.29, 1.82) is 0 Å². The fourth-order valence-electron chi connectivity index (χ4n) is 5.36. The van der Waals surface area contributed by atoms with Crippen molar-refractivity contribution in [3.63, 3.8) is 0 Å². The number of fused-ring (bicyclic) bond motifs is 4. The Kier molecular flexibility index (Phi) is 4.90. The predicted molar refractivity (Wildman–Crippen MR) is 154 cm³/mol. The average Bonchev–Trinajstić information content (AvgIpc) is 3.25. The Labute approximate surface area is 214 Å². The third-order valence-electron chi connectivity index (χ3n) is 7.05. The quantitative estimate of drug-likeness (QED) is 0.237. The zero-order valence-electron chi connectivity index (χ0n) is 19.5. The van der Waals surface area contributed by atoms with E-state index in [1.165, 1.54) is 38.1 Å². The highest BCUT2D eigenvalue weighted by atomic mass is 35.5. The van der Waals surface area contributed by atoms with Crippen molar-refractivity contribution >= 4 is 44.2 Å². The lowest BCUT2D eigenvalue weighted by Gasteiger charge is -2.15. The van der Waals surface area contributed by atoms with Gasteiger partial charge in [0.1, 0.15) is 0 Å². The molecule has 0 atom stereocenters. The molecular formula is C34H22ClN. The van der Waals surface area contributed by atoms with Crippen molar-refractivity contribution in [1.82, 2.24) is 4.57 Å². The Bertz CT molecular complexity index is 1900. The highest BCUT2D eigenvalue weighted by Crippen LogP contribution is 2.39. The molecular weight excluding hydrogens is 458 g/mol. The first-order valence-electron chi connectivity index (χ1n) is 12.1. The molecule has 0 fully saturated rings. The molecule has 0 N–H and O–H groups in total. The summed E-state index contributed by atoms with van der Waals surface area (Å²) in [4.78, 5) is 0. The number of halogens is 1. The fraction of sp³-hybridized carbons (Fsp3) is 0. The van der Waals surface area contributed by atoms with Crippen LogP contribution in [0, 0.1) is 0 Å². The van der Waals surface area contributed by atoms with E-state index in [0.29, 0.717) is 0 Å². The third kappa shape index (κ3) is 3.32. The lowest BCUT2D eigenvalue weighted by atomic mass is 9.97. The molecule has 0 spiro atoms. The summed E-state index contributed by atoms with van der Waals surface area (Å²) in [5.41, 5.74) is 8.03. The number of nitrogens with zero attached hydrogens (tertiary/aromatic N) is 1. The minimum absolute atomic E-state index is 0.755. The minimum Gasteiger partial charge on any atom is -0.309 e. The fourth-order valence-corrected chi connectivity index (χ4v) is 5.59. The van der Waals surface area contributed by atoms with Crippen LogP contribution < -0.4 is 0 Å². The summed E-state index contributed by atoms with van der Waals surface area (Å²) in [6.07, 6.45) is 0. The van der Waals surface area contributed by atoms with E-state index in [9.17, 15) is 0 Å². The van der Waals surface area contributed by atoms with E-state index in [2.05, 4.69) is 126 Å². The van der Waals surface area contributed by atoms with Crippen molar-refractivity contribution in [3.8, 4) is 27.9 Å². The topological polar surface area (TPSA) is 4.93 Å². The molecule has 0 saturated carbocycles. The summed E-state index contributed by atoms with van der Waals surface area (Å²) in [6.45, 7) is 0. The molecule has 0 bridgehead atoms. The molecule has 0 aliphatic carbocycles. The summed E-state index contributed by atoms with van der Waals surface area (Å²) in [7, 11) is 0. The Morgan fingerprint density at radius 1 is 0.444 bits per heavy atom. The van der Waals surface area contributed by atoms with E-state index in [-0.39, 0.29) is 0 Å². The summed E-state index contributed by atoms with van der Waals surface area (Å²) >= 11 is 6.66. The molecule has 1 aromatic heterocycles. The molecule has 0 aliphatic heterocycles. The number of benzene rings is 6. The van der Waals surface area contributed by atoms with E-state index in [1.54, 1.807) is 0 Å². The molecule has 0 radical (unpaired) electrons. The zero-order chi connectivity index (χ0) is 24.1. The van der Waals surface area contributed by atoms with Crippen molar-refractivity contribution in [2.24, 2.45) is 0 Å². The Morgan fingerprint density at radius 2 is 1.14 bits per heavy atom. The van der Waals surface area contributed by atoms with Crippen LogP contribution in [-0.4, -0.2) is 4.57 Å². The van der Waals surface area contributed by atoms with Crippen LogP contribution in [0.2, 0.25) is 5.02 Å². The molecule has 0 unspecified atom stereocenters. The number of hydrogen-bond acceptors (Lipinski definition) is 0. The van der Waals surface area contributed by atoms with Crippen LogP contribution in [0.5, 0.6) is 0 Å². The van der Waals surface area contributed by atoms with Crippen molar-refractivity contribution in [3.05, 3.63) is 138 Å². The lowest BCUT2D eigenvalue weighted by Crippen LogP contribution is -1.97. The van der Waals surface area contributed by atoms with Crippen LogP contribution in [0.25, 0.3) is 60.5 Å². The standard InChI is InChI=1S/C34H22ClN/c35-31-19-18-26(21-29(31)23-10-2-1-3-11-23)27-14-6-8-16-32(27)36-33-17-9-7-15-28(33)30-20-24-12-4-5-13-25(24)22-34(30)36/h1-22H. The molecule has 7 aromatic rings. The lowest BCUT2D eigenvalue weighted by molar-refractivity contribution is 1.18. The predicted octanol–water partition coefficient (Wildman–Crippen LogP) is 9.92. The second-order valence-electron chi connectivity index (χ2n) is 9.15. The number of para-hydroxylation sites is 2. The summed E-state index contributed by atoms with van der Waals surface area (Å²) in [5, 5.41) is 5.77. The highest BCUT2D eigenvalue weighted by Gasteiger charge is 2.16. The molecule has 0 saturated heterocycles. The van der Waals surface area contributed by atoms with E-state index in [4.69, 9.17) is 11.6 Å². The zero-order valence-corrected chi connectivity index (χ0v) is 20.3. The SMILES string of the molecule is Clc1ccc(-c2ccccc2-n2c3ccccc3c3cc4ccccc4cc32)cc1-c1ccccc1. The van der Waals surface area contributed by atoms with Crippen molar-refractivity contribution < 1.29 is 0 Å². The molecule has 2 heteroatoms. The molecule has 36 heavy (non-hydrogen) atoms. The van der Waals surface area contributed by atoms with Gasteiger partial charge in [0.25, 0.3) is 0 Å². The van der Waals surface area contributed by atoms with Gasteiger partial charge in [0.05, 0.1) is 16.7 Å². The number of hydrogen-bond donors (Lipinski definition) is 0. The molecule has 1 nitrogen and oxygen atoms in total. The number of rotatable bonds is 3. The Balaban J connectivity index is 1.53. The van der Waals surface area contributed by atoms with Gasteiger partial charge >= 0.3 is 0 Å². The summed E-state index contributed by atoms with van der Waals surface area (Å²) in [5.74, 6) is 0. The van der Waals surface area contributed by atoms with Gasteiger partial charge in [-0.3, -0.25) is 0 Å². The molecule has 0 amide bonds. The smallest absolute Gasteiger partial charge is 0.0547 e. The third-order valence-corrected chi connectivity index (χ3v) is 7.38. The number of aromatic nitrogens is 1. The average molecular weight is 480 g/mol. The summed E-state index contributed by atoms with van der Waals surface area (Å²) < 4.78 is 2.41. The Hall–Kier alpha value is -4.33. The van der Waals surface area contributed by atoms with Gasteiger partial charge in [0.2, 0.25) is 0 Å². The first-order valence-corrected chi connectivity index (χ1v) is 12.5. The van der Waals surface area contributed by atoms with E-state index in [0.717, 1.165) is 27.4 Å². The maximum atomic E-state index is 6.66. The van der Waals surface area contributed by atoms with Gasteiger partial charge in [-0.25, -0.2) is 0 Å². The van der Waals surface area contributed by atoms with Crippen molar-refractivity contribution in [2.45, 2.75) is 0 Å². The first kappa shape index (κ1) is 21.0. The normalized spacial score (nSPS) is 11.5. The van der Waals surface area contributed by atoms with E-state index >= 15 is 0 Å². The minimum atomic E-state index is 0.755. The molecule has 0 aliphatic rings. The largest absolute Gasteiger partial charge is 0.309 e. The van der Waals surface area contributed by atoms with Crippen LogP contribution in [0.4, 0.5) is 0 Å². The van der Waals surface area contributed by atoms with Gasteiger partial charge in [0.15, 0.2) is 0 Å². The monoisotopic (exact) mass is 479 g/mol. The van der Waals surface area contributed by atoms with E-state index in [1.807, 2.05) is 12.1 Å². The van der Waals surface area contributed by atoms with Crippen LogP contribution in [-0.2, 0) is 0 Å². The Morgan fingerprint density at radius 3 is 2.00 bits per heavy atom. The van der Waals surface area contributed by atoms with E-state index < -0.39 is 0 Å². The molecule has 6 aromatic carbocycles. The van der Waals surface area contributed by atoms with Crippen LogP contribution >= 0.6 is 11.6 Å².